The Balaban J connectivity index is 2.37. The number of hydrogen-bond donors (Lipinski definition) is 1. The van der Waals surface area contributed by atoms with E-state index in [1.165, 1.54) is 18.3 Å². The van der Waals surface area contributed by atoms with Gasteiger partial charge in [-0.3, -0.25) is 0 Å². The summed E-state index contributed by atoms with van der Waals surface area (Å²) in [6.07, 6.45) is 1.88. The molecule has 1 heterocycles. The molecule has 0 spiro atoms. The summed E-state index contributed by atoms with van der Waals surface area (Å²) in [4.78, 5) is 3.40. The van der Waals surface area contributed by atoms with Crippen molar-refractivity contribution in [1.29, 1.82) is 0 Å². The van der Waals surface area contributed by atoms with Crippen LogP contribution in [0, 0.1) is 5.95 Å². The molecule has 66 valence electrons. The lowest BCUT2D eigenvalue weighted by molar-refractivity contribution is 0.233. The Morgan fingerprint density at radius 3 is 2.92 bits per heavy atom. The van der Waals surface area contributed by atoms with Crippen LogP contribution in [0.3, 0.4) is 0 Å². The van der Waals surface area contributed by atoms with Crippen molar-refractivity contribution in [2.45, 2.75) is 6.42 Å². The maximum absolute atomic E-state index is 12.3. The average Bonchev–Trinajstić information content (AvgIpc) is 2.09. The van der Waals surface area contributed by atoms with Crippen LogP contribution in [0.4, 0.5) is 4.39 Å². The van der Waals surface area contributed by atoms with Crippen LogP contribution in [0.1, 0.15) is 6.42 Å². The average molecular weight is 171 g/mol. The number of aromatic nitrogens is 1. The second-order valence-corrected chi connectivity index (χ2v) is 2.24. The molecule has 1 aromatic heterocycles. The third kappa shape index (κ3) is 2.84. The van der Waals surface area contributed by atoms with Crippen molar-refractivity contribution in [3.63, 3.8) is 0 Å². The Labute approximate surface area is 69.8 Å². The van der Waals surface area contributed by atoms with Crippen LogP contribution in [-0.2, 0) is 0 Å². The van der Waals surface area contributed by atoms with Crippen molar-refractivity contribution in [2.24, 2.45) is 0 Å². The van der Waals surface area contributed by atoms with Crippen molar-refractivity contribution in [1.82, 2.24) is 4.98 Å². The number of halogens is 1. The third-order valence-electron chi connectivity index (χ3n) is 1.27. The molecule has 1 rings (SSSR count). The largest absolute Gasteiger partial charge is 0.492 e. The number of ether oxygens (including phenoxy) is 1. The van der Waals surface area contributed by atoms with E-state index < -0.39 is 5.95 Å². The quantitative estimate of drug-likeness (QED) is 0.542. The van der Waals surface area contributed by atoms with Gasteiger partial charge in [-0.15, -0.1) is 0 Å². The highest BCUT2D eigenvalue weighted by atomic mass is 19.1. The number of nitrogens with zero attached hydrogens (tertiary/aromatic N) is 1. The van der Waals surface area contributed by atoms with Gasteiger partial charge in [0.25, 0.3) is 0 Å². The minimum atomic E-state index is -0.524. The molecule has 0 amide bonds. The highest BCUT2D eigenvalue weighted by molar-refractivity contribution is 5.15. The highest BCUT2D eigenvalue weighted by Gasteiger charge is 1.94. The number of hydrogen-bond acceptors (Lipinski definition) is 3. The normalized spacial score (nSPS) is 9.83. The molecule has 0 aliphatic heterocycles. The molecule has 1 aromatic rings. The van der Waals surface area contributed by atoms with E-state index in [9.17, 15) is 4.39 Å². The second kappa shape index (κ2) is 4.66. The maximum atomic E-state index is 12.3. The van der Waals surface area contributed by atoms with E-state index in [-0.39, 0.29) is 6.61 Å². The first-order valence-corrected chi connectivity index (χ1v) is 3.68. The van der Waals surface area contributed by atoms with E-state index in [0.717, 1.165) is 0 Å². The fraction of sp³-hybridized carbons (Fsp3) is 0.375. The van der Waals surface area contributed by atoms with Crippen LogP contribution in [0.25, 0.3) is 0 Å². The molecule has 3 nitrogen and oxygen atoms in total. The van der Waals surface area contributed by atoms with Crippen molar-refractivity contribution in [2.75, 3.05) is 13.2 Å². The lowest BCUT2D eigenvalue weighted by Gasteiger charge is -2.02. The van der Waals surface area contributed by atoms with E-state index in [2.05, 4.69) is 4.98 Å². The van der Waals surface area contributed by atoms with Gasteiger partial charge in [0, 0.05) is 13.0 Å². The standard InChI is InChI=1S/C8H10FNO2/c9-8-3-2-7(6-10-8)12-5-1-4-11/h2-3,6,11H,1,4-5H2. The van der Waals surface area contributed by atoms with Gasteiger partial charge in [0.2, 0.25) is 5.95 Å². The van der Waals surface area contributed by atoms with Gasteiger partial charge in [0.15, 0.2) is 0 Å². The summed E-state index contributed by atoms with van der Waals surface area (Å²) in [5, 5.41) is 8.43. The SMILES string of the molecule is OCCCOc1ccc(F)nc1. The minimum absolute atomic E-state index is 0.0919. The van der Waals surface area contributed by atoms with Gasteiger partial charge in [-0.05, 0) is 12.1 Å². The summed E-state index contributed by atoms with van der Waals surface area (Å²) in [5.74, 6) is -0.00522. The Morgan fingerprint density at radius 1 is 1.50 bits per heavy atom. The lowest BCUT2D eigenvalue weighted by atomic mass is 10.4. The fourth-order valence-corrected chi connectivity index (χ4v) is 0.702. The Kier molecular flexibility index (Phi) is 3.47. The van der Waals surface area contributed by atoms with Crippen molar-refractivity contribution >= 4 is 0 Å². The number of pyridine rings is 1. The maximum Gasteiger partial charge on any atom is 0.213 e. The molecule has 12 heavy (non-hydrogen) atoms. The molecule has 0 saturated heterocycles. The molecule has 0 atom stereocenters. The number of rotatable bonds is 4. The van der Waals surface area contributed by atoms with Crippen molar-refractivity contribution < 1.29 is 14.2 Å². The highest BCUT2D eigenvalue weighted by Crippen LogP contribution is 2.07. The molecule has 0 aliphatic carbocycles. The van der Waals surface area contributed by atoms with Gasteiger partial charge in [-0.1, -0.05) is 0 Å². The first-order chi connectivity index (χ1) is 5.83. The molecule has 0 fully saturated rings. The summed E-state index contributed by atoms with van der Waals surface area (Å²) in [6, 6.07) is 2.73. The molecular weight excluding hydrogens is 161 g/mol. The Morgan fingerprint density at radius 2 is 2.33 bits per heavy atom. The molecule has 1 N–H and O–H groups in total. The summed E-state index contributed by atoms with van der Waals surface area (Å²) in [7, 11) is 0. The summed E-state index contributed by atoms with van der Waals surface area (Å²) < 4.78 is 17.4. The molecule has 0 aromatic carbocycles. The second-order valence-electron chi connectivity index (χ2n) is 2.24. The first kappa shape index (κ1) is 8.93. The summed E-state index contributed by atoms with van der Waals surface area (Å²) >= 11 is 0. The molecule has 0 radical (unpaired) electrons. The van der Waals surface area contributed by atoms with E-state index in [1.807, 2.05) is 0 Å². The smallest absolute Gasteiger partial charge is 0.213 e. The van der Waals surface area contributed by atoms with Crippen LogP contribution in [0.15, 0.2) is 18.3 Å². The number of aliphatic hydroxyl groups is 1. The number of aliphatic hydroxyl groups excluding tert-OH is 1. The molecule has 0 bridgehead atoms. The monoisotopic (exact) mass is 171 g/mol. The lowest BCUT2D eigenvalue weighted by Crippen LogP contribution is -1.99. The van der Waals surface area contributed by atoms with Gasteiger partial charge in [0.05, 0.1) is 12.8 Å². The van der Waals surface area contributed by atoms with Gasteiger partial charge >= 0.3 is 0 Å². The van der Waals surface area contributed by atoms with Crippen LogP contribution in [-0.4, -0.2) is 23.3 Å². The van der Waals surface area contributed by atoms with E-state index >= 15 is 0 Å². The van der Waals surface area contributed by atoms with E-state index in [4.69, 9.17) is 9.84 Å². The van der Waals surface area contributed by atoms with Gasteiger partial charge in [-0.25, -0.2) is 4.98 Å². The fourth-order valence-electron chi connectivity index (χ4n) is 0.702. The van der Waals surface area contributed by atoms with Gasteiger partial charge < -0.3 is 9.84 Å². The topological polar surface area (TPSA) is 42.4 Å². The van der Waals surface area contributed by atoms with Gasteiger partial charge in [0.1, 0.15) is 5.75 Å². The van der Waals surface area contributed by atoms with Crippen molar-refractivity contribution in [3.05, 3.63) is 24.3 Å². The summed E-state index contributed by atoms with van der Waals surface area (Å²) in [6.45, 7) is 0.512. The first-order valence-electron chi connectivity index (χ1n) is 3.68. The van der Waals surface area contributed by atoms with Crippen LogP contribution in [0.5, 0.6) is 5.75 Å². The third-order valence-corrected chi connectivity index (χ3v) is 1.27. The van der Waals surface area contributed by atoms with Crippen LogP contribution in [0.2, 0.25) is 0 Å². The molecule has 0 unspecified atom stereocenters. The Bertz CT molecular complexity index is 225. The zero-order valence-corrected chi connectivity index (χ0v) is 6.53. The predicted molar refractivity (Wildman–Crippen MR) is 41.4 cm³/mol. The Hall–Kier alpha value is -1.16. The molecule has 0 aliphatic rings. The van der Waals surface area contributed by atoms with Crippen molar-refractivity contribution in [3.8, 4) is 5.75 Å². The zero-order chi connectivity index (χ0) is 8.81. The van der Waals surface area contributed by atoms with Crippen LogP contribution < -0.4 is 4.74 Å². The molecular formula is C8H10FNO2. The predicted octanol–water partition coefficient (Wildman–Crippen LogP) is 0.982. The van der Waals surface area contributed by atoms with Gasteiger partial charge in [-0.2, -0.15) is 4.39 Å². The molecule has 0 saturated carbocycles. The van der Waals surface area contributed by atoms with E-state index in [1.54, 1.807) is 0 Å². The minimum Gasteiger partial charge on any atom is -0.492 e. The molecule has 4 heteroatoms. The van der Waals surface area contributed by atoms with E-state index in [0.29, 0.717) is 18.8 Å². The zero-order valence-electron chi connectivity index (χ0n) is 6.53. The summed E-state index contributed by atoms with van der Waals surface area (Å²) in [5.41, 5.74) is 0. The van der Waals surface area contributed by atoms with Crippen LogP contribution >= 0.6 is 0 Å².